The lowest BCUT2D eigenvalue weighted by atomic mass is 10.1. The normalized spacial score (nSPS) is 10.7. The van der Waals surface area contributed by atoms with Gasteiger partial charge in [0.15, 0.2) is 11.5 Å². The number of carbonyl (C=O) groups excluding carboxylic acids is 1. The molecule has 6 nitrogen and oxygen atoms in total. The first-order chi connectivity index (χ1) is 9.12. The first-order valence-electron chi connectivity index (χ1n) is 5.39. The number of ether oxygens (including phenoxy) is 2. The largest absolute Gasteiger partial charge is 0.504 e. The molecule has 1 rings (SSSR count). The molecule has 6 heteroatoms. The monoisotopic (exact) mass is 263 g/mol. The molecule has 0 amide bonds. The lowest BCUT2D eigenvalue weighted by Crippen LogP contribution is -2.10. The van der Waals surface area contributed by atoms with Gasteiger partial charge < -0.3 is 19.7 Å². The van der Waals surface area contributed by atoms with Gasteiger partial charge in [-0.25, -0.2) is 4.79 Å². The predicted molar refractivity (Wildman–Crippen MR) is 66.3 cm³/mol. The highest BCUT2D eigenvalue weighted by Crippen LogP contribution is 2.27. The van der Waals surface area contributed by atoms with Crippen molar-refractivity contribution in [2.75, 3.05) is 20.3 Å². The number of benzene rings is 1. The lowest BCUT2D eigenvalue weighted by molar-refractivity contribution is -0.139. The molecule has 0 heterocycles. The van der Waals surface area contributed by atoms with Gasteiger partial charge in [0.25, 0.3) is 0 Å². The smallest absolute Gasteiger partial charge is 0.348 e. The van der Waals surface area contributed by atoms with Crippen molar-refractivity contribution in [3.05, 3.63) is 29.3 Å². The van der Waals surface area contributed by atoms with E-state index in [1.165, 1.54) is 31.4 Å². The van der Waals surface area contributed by atoms with Crippen molar-refractivity contribution < 1.29 is 24.5 Å². The van der Waals surface area contributed by atoms with Gasteiger partial charge in [-0.2, -0.15) is 5.26 Å². The van der Waals surface area contributed by atoms with Crippen molar-refractivity contribution in [1.29, 1.82) is 5.26 Å². The third kappa shape index (κ3) is 4.01. The Balaban J connectivity index is 2.98. The molecule has 0 aliphatic carbocycles. The molecule has 1 aromatic rings. The molecule has 19 heavy (non-hydrogen) atoms. The average molecular weight is 263 g/mol. The summed E-state index contributed by atoms with van der Waals surface area (Å²) < 4.78 is 9.55. The fraction of sp³-hybridized carbons (Fsp3) is 0.231. The summed E-state index contributed by atoms with van der Waals surface area (Å²) in [7, 11) is 1.39. The second-order valence-corrected chi connectivity index (χ2v) is 3.46. The van der Waals surface area contributed by atoms with E-state index >= 15 is 0 Å². The van der Waals surface area contributed by atoms with E-state index in [1.807, 2.05) is 0 Å². The Hall–Kier alpha value is -2.52. The third-order valence-corrected chi connectivity index (χ3v) is 2.18. The van der Waals surface area contributed by atoms with E-state index < -0.39 is 5.97 Å². The minimum atomic E-state index is -0.816. The highest BCUT2D eigenvalue weighted by molar-refractivity contribution is 5.97. The van der Waals surface area contributed by atoms with Gasteiger partial charge in [0.05, 0.1) is 13.7 Å². The summed E-state index contributed by atoms with van der Waals surface area (Å²) in [5.74, 6) is -0.626. The Kier molecular flexibility index (Phi) is 5.38. The van der Waals surface area contributed by atoms with Gasteiger partial charge in [-0.3, -0.25) is 0 Å². The fourth-order valence-corrected chi connectivity index (χ4v) is 1.30. The molecule has 2 N–H and O–H groups in total. The molecule has 0 radical (unpaired) electrons. The topological polar surface area (TPSA) is 99.8 Å². The van der Waals surface area contributed by atoms with Crippen molar-refractivity contribution in [2.24, 2.45) is 0 Å². The number of aliphatic hydroxyl groups is 1. The number of rotatable bonds is 5. The number of aromatic hydroxyl groups is 1. The quantitative estimate of drug-likeness (QED) is 0.464. The summed E-state index contributed by atoms with van der Waals surface area (Å²) >= 11 is 0. The molecule has 0 spiro atoms. The van der Waals surface area contributed by atoms with Crippen LogP contribution in [0.5, 0.6) is 11.5 Å². The summed E-state index contributed by atoms with van der Waals surface area (Å²) in [6.07, 6.45) is 1.31. The molecule has 0 aromatic heterocycles. The van der Waals surface area contributed by atoms with E-state index in [1.54, 1.807) is 6.07 Å². The first kappa shape index (κ1) is 14.5. The molecule has 0 aliphatic heterocycles. The van der Waals surface area contributed by atoms with Gasteiger partial charge in [0, 0.05) is 0 Å². The number of nitriles is 1. The van der Waals surface area contributed by atoms with E-state index in [2.05, 4.69) is 4.74 Å². The Labute approximate surface area is 110 Å². The van der Waals surface area contributed by atoms with Gasteiger partial charge >= 0.3 is 5.97 Å². The molecular formula is C13H13NO5. The van der Waals surface area contributed by atoms with E-state index in [0.29, 0.717) is 5.56 Å². The Morgan fingerprint density at radius 1 is 1.53 bits per heavy atom. The Bertz CT molecular complexity index is 530. The van der Waals surface area contributed by atoms with E-state index in [-0.39, 0.29) is 30.3 Å². The number of phenols is 1. The zero-order valence-corrected chi connectivity index (χ0v) is 10.3. The van der Waals surface area contributed by atoms with E-state index in [0.717, 1.165) is 0 Å². The highest BCUT2D eigenvalue weighted by Gasteiger charge is 2.11. The third-order valence-electron chi connectivity index (χ3n) is 2.18. The molecule has 0 bridgehead atoms. The molecule has 0 saturated carbocycles. The number of hydrogen-bond donors (Lipinski definition) is 2. The van der Waals surface area contributed by atoms with Crippen LogP contribution in [0.25, 0.3) is 6.08 Å². The zero-order chi connectivity index (χ0) is 14.3. The minimum absolute atomic E-state index is 0.0407. The van der Waals surface area contributed by atoms with Crippen LogP contribution in [0.3, 0.4) is 0 Å². The van der Waals surface area contributed by atoms with Gasteiger partial charge in [0.2, 0.25) is 0 Å². The summed E-state index contributed by atoms with van der Waals surface area (Å²) in [5.41, 5.74) is 0.299. The Morgan fingerprint density at radius 2 is 2.26 bits per heavy atom. The number of aliphatic hydroxyl groups excluding tert-OH is 1. The van der Waals surface area contributed by atoms with Gasteiger partial charge in [-0.15, -0.1) is 0 Å². The van der Waals surface area contributed by atoms with Crippen molar-refractivity contribution in [3.63, 3.8) is 0 Å². The molecular weight excluding hydrogens is 250 g/mol. The number of phenolic OH excluding ortho intramolecular Hbond substituents is 1. The predicted octanol–water partition coefficient (Wildman–Crippen LogP) is 0.843. The zero-order valence-electron chi connectivity index (χ0n) is 10.3. The highest BCUT2D eigenvalue weighted by atomic mass is 16.5. The summed E-state index contributed by atoms with van der Waals surface area (Å²) in [4.78, 5) is 11.5. The van der Waals surface area contributed by atoms with Crippen LogP contribution < -0.4 is 4.74 Å². The van der Waals surface area contributed by atoms with Crippen LogP contribution in [-0.4, -0.2) is 36.5 Å². The molecule has 0 aliphatic rings. The van der Waals surface area contributed by atoms with Gasteiger partial charge in [-0.05, 0) is 23.8 Å². The molecule has 100 valence electrons. The number of esters is 1. The molecule has 1 aromatic carbocycles. The van der Waals surface area contributed by atoms with Crippen LogP contribution >= 0.6 is 0 Å². The minimum Gasteiger partial charge on any atom is -0.504 e. The van der Waals surface area contributed by atoms with Crippen molar-refractivity contribution in [2.45, 2.75) is 0 Å². The number of hydrogen-bond acceptors (Lipinski definition) is 6. The molecule has 0 saturated heterocycles. The van der Waals surface area contributed by atoms with Crippen LogP contribution in [0, 0.1) is 11.3 Å². The maximum Gasteiger partial charge on any atom is 0.348 e. The summed E-state index contributed by atoms with van der Waals surface area (Å²) in [5, 5.41) is 26.8. The molecule has 0 unspecified atom stereocenters. The maximum atomic E-state index is 11.5. The van der Waals surface area contributed by atoms with Gasteiger partial charge in [-0.1, -0.05) is 6.07 Å². The SMILES string of the molecule is COc1cc(C=C(C#N)C(=O)OCCO)ccc1O. The summed E-state index contributed by atoms with van der Waals surface area (Å²) in [6, 6.07) is 6.10. The summed E-state index contributed by atoms with van der Waals surface area (Å²) in [6.45, 7) is -0.478. The maximum absolute atomic E-state index is 11.5. The van der Waals surface area contributed by atoms with Crippen LogP contribution in [0.1, 0.15) is 5.56 Å². The standard InChI is InChI=1S/C13H13NO5/c1-18-12-7-9(2-3-11(12)16)6-10(8-14)13(17)19-5-4-15/h2-3,6-7,15-16H,4-5H2,1H3. The van der Waals surface area contributed by atoms with E-state index in [4.69, 9.17) is 15.1 Å². The van der Waals surface area contributed by atoms with Crippen molar-refractivity contribution in [1.82, 2.24) is 0 Å². The van der Waals surface area contributed by atoms with Crippen LogP contribution in [0.15, 0.2) is 23.8 Å². The Morgan fingerprint density at radius 3 is 2.84 bits per heavy atom. The van der Waals surface area contributed by atoms with Gasteiger partial charge in [0.1, 0.15) is 18.2 Å². The fourth-order valence-electron chi connectivity index (χ4n) is 1.30. The second-order valence-electron chi connectivity index (χ2n) is 3.46. The first-order valence-corrected chi connectivity index (χ1v) is 5.39. The van der Waals surface area contributed by atoms with Crippen LogP contribution in [-0.2, 0) is 9.53 Å². The molecule has 0 atom stereocenters. The van der Waals surface area contributed by atoms with E-state index in [9.17, 15) is 9.90 Å². The number of methoxy groups -OCH3 is 1. The number of nitrogens with zero attached hydrogens (tertiary/aromatic N) is 1. The van der Waals surface area contributed by atoms with Crippen LogP contribution in [0.4, 0.5) is 0 Å². The van der Waals surface area contributed by atoms with Crippen molar-refractivity contribution >= 4 is 12.0 Å². The van der Waals surface area contributed by atoms with Crippen LogP contribution in [0.2, 0.25) is 0 Å². The van der Waals surface area contributed by atoms with Crippen molar-refractivity contribution in [3.8, 4) is 17.6 Å². The second kappa shape index (κ2) is 7.03. The molecule has 0 fully saturated rings. The lowest BCUT2D eigenvalue weighted by Gasteiger charge is -2.04. The number of carbonyl (C=O) groups is 1. The average Bonchev–Trinajstić information content (AvgIpc) is 2.43.